The molecule has 31 heavy (non-hydrogen) atoms. The SMILES string of the molecule is CCN(CC)S(=O)(=O)c1ccc(OC(C)C)c(NS(=O)(=O)c2ccc(C(C)=O)cc2)c1. The second-order valence-electron chi connectivity index (χ2n) is 7.10. The predicted octanol–water partition coefficient (Wildman–Crippen LogP) is 3.51. The Kier molecular flexibility index (Phi) is 7.85. The summed E-state index contributed by atoms with van der Waals surface area (Å²) >= 11 is 0. The lowest BCUT2D eigenvalue weighted by Gasteiger charge is -2.21. The Morgan fingerprint density at radius 3 is 2.00 bits per heavy atom. The molecule has 0 aliphatic heterocycles. The van der Waals surface area contributed by atoms with E-state index in [2.05, 4.69) is 4.72 Å². The van der Waals surface area contributed by atoms with Gasteiger partial charge in [-0.1, -0.05) is 26.0 Å². The number of anilines is 1. The Balaban J connectivity index is 2.52. The van der Waals surface area contributed by atoms with Crippen LogP contribution < -0.4 is 9.46 Å². The molecular formula is C21H28N2O6S2. The molecule has 0 spiro atoms. The fraction of sp³-hybridized carbons (Fsp3) is 0.381. The van der Waals surface area contributed by atoms with E-state index < -0.39 is 20.0 Å². The largest absolute Gasteiger partial charge is 0.489 e. The normalized spacial score (nSPS) is 12.2. The third-order valence-electron chi connectivity index (χ3n) is 4.47. The summed E-state index contributed by atoms with van der Waals surface area (Å²) in [7, 11) is -7.86. The molecule has 0 radical (unpaired) electrons. The van der Waals surface area contributed by atoms with Gasteiger partial charge in [0.15, 0.2) is 5.78 Å². The number of benzene rings is 2. The first-order valence-corrected chi connectivity index (χ1v) is 12.8. The molecule has 0 aliphatic carbocycles. The average Bonchev–Trinajstić information content (AvgIpc) is 2.69. The minimum Gasteiger partial charge on any atom is -0.489 e. The summed E-state index contributed by atoms with van der Waals surface area (Å²) in [5.74, 6) is 0.0243. The van der Waals surface area contributed by atoms with E-state index >= 15 is 0 Å². The number of rotatable bonds is 10. The molecule has 2 aromatic carbocycles. The Labute approximate surface area is 184 Å². The van der Waals surface area contributed by atoms with Crippen molar-refractivity contribution >= 4 is 31.5 Å². The monoisotopic (exact) mass is 468 g/mol. The standard InChI is InChI=1S/C21H28N2O6S2/c1-6-23(7-2)31(27,28)19-12-13-21(29-15(3)4)20(14-19)22-30(25,26)18-10-8-17(9-11-18)16(5)24/h8-15,22H,6-7H2,1-5H3. The highest BCUT2D eigenvalue weighted by Crippen LogP contribution is 2.32. The molecule has 0 unspecified atom stereocenters. The number of carbonyl (C=O) groups is 1. The molecule has 10 heteroatoms. The number of ether oxygens (including phenoxy) is 1. The van der Waals surface area contributed by atoms with Crippen LogP contribution in [0.4, 0.5) is 5.69 Å². The first-order chi connectivity index (χ1) is 14.4. The Morgan fingerprint density at radius 2 is 1.52 bits per heavy atom. The molecular weight excluding hydrogens is 440 g/mol. The van der Waals surface area contributed by atoms with Gasteiger partial charge in [-0.3, -0.25) is 9.52 Å². The minimum absolute atomic E-state index is 0.0116. The van der Waals surface area contributed by atoms with Crippen LogP contribution in [-0.2, 0) is 20.0 Å². The van der Waals surface area contributed by atoms with Gasteiger partial charge in [0.25, 0.3) is 10.0 Å². The zero-order valence-corrected chi connectivity index (χ0v) is 19.9. The van der Waals surface area contributed by atoms with Crippen LogP contribution >= 0.6 is 0 Å². The van der Waals surface area contributed by atoms with Crippen molar-refractivity contribution in [2.45, 2.75) is 50.5 Å². The zero-order chi connectivity index (χ0) is 23.4. The highest BCUT2D eigenvalue weighted by Gasteiger charge is 2.25. The van der Waals surface area contributed by atoms with Crippen LogP contribution in [0.3, 0.4) is 0 Å². The van der Waals surface area contributed by atoms with Crippen molar-refractivity contribution in [2.75, 3.05) is 17.8 Å². The lowest BCUT2D eigenvalue weighted by Crippen LogP contribution is -2.30. The van der Waals surface area contributed by atoms with E-state index in [1.54, 1.807) is 27.7 Å². The summed E-state index contributed by atoms with van der Waals surface area (Å²) in [5, 5.41) is 0. The molecule has 0 heterocycles. The van der Waals surface area contributed by atoms with Gasteiger partial charge in [0.05, 0.1) is 21.6 Å². The van der Waals surface area contributed by atoms with Crippen molar-refractivity contribution in [2.24, 2.45) is 0 Å². The van der Waals surface area contributed by atoms with Gasteiger partial charge in [-0.25, -0.2) is 16.8 Å². The van der Waals surface area contributed by atoms with E-state index in [4.69, 9.17) is 4.74 Å². The molecule has 0 aromatic heterocycles. The Hall–Kier alpha value is -2.43. The maximum Gasteiger partial charge on any atom is 0.262 e. The van der Waals surface area contributed by atoms with Crippen molar-refractivity contribution < 1.29 is 26.4 Å². The number of sulfonamides is 2. The van der Waals surface area contributed by atoms with Crippen LogP contribution in [-0.4, -0.2) is 46.1 Å². The smallest absolute Gasteiger partial charge is 0.262 e. The first-order valence-electron chi connectivity index (χ1n) is 9.87. The molecule has 0 fully saturated rings. The first kappa shape index (κ1) is 24.8. The number of nitrogens with one attached hydrogen (secondary N) is 1. The second-order valence-corrected chi connectivity index (χ2v) is 10.7. The molecule has 1 N–H and O–H groups in total. The van der Waals surface area contributed by atoms with Crippen molar-refractivity contribution in [3.8, 4) is 5.75 Å². The highest BCUT2D eigenvalue weighted by molar-refractivity contribution is 7.92. The van der Waals surface area contributed by atoms with Crippen molar-refractivity contribution in [3.05, 3.63) is 48.0 Å². The molecule has 2 rings (SSSR count). The fourth-order valence-electron chi connectivity index (χ4n) is 2.89. The van der Waals surface area contributed by atoms with Gasteiger partial charge in [0.2, 0.25) is 10.0 Å². The van der Waals surface area contributed by atoms with Crippen LogP contribution in [0.25, 0.3) is 0 Å². The molecule has 2 aromatic rings. The van der Waals surface area contributed by atoms with Crippen molar-refractivity contribution in [1.29, 1.82) is 0 Å². The van der Waals surface area contributed by atoms with E-state index in [1.165, 1.54) is 53.7 Å². The van der Waals surface area contributed by atoms with Crippen LogP contribution in [0, 0.1) is 0 Å². The lowest BCUT2D eigenvalue weighted by molar-refractivity contribution is 0.101. The Bertz CT molecular complexity index is 1140. The molecule has 0 saturated carbocycles. The molecule has 0 aliphatic rings. The number of nitrogens with zero attached hydrogens (tertiary/aromatic N) is 1. The third-order valence-corrected chi connectivity index (χ3v) is 7.90. The summed E-state index contributed by atoms with van der Waals surface area (Å²) in [5.41, 5.74) is 0.396. The average molecular weight is 469 g/mol. The minimum atomic E-state index is -4.06. The topological polar surface area (TPSA) is 110 Å². The van der Waals surface area contributed by atoms with Crippen LogP contribution in [0.2, 0.25) is 0 Å². The van der Waals surface area contributed by atoms with Crippen LogP contribution in [0.15, 0.2) is 52.3 Å². The quantitative estimate of drug-likeness (QED) is 0.535. The number of Topliss-reactive ketones (excluding diaryl/α,β-unsaturated/α-hetero) is 1. The van der Waals surface area contributed by atoms with Gasteiger partial charge in [0, 0.05) is 18.7 Å². The number of hydrogen-bond donors (Lipinski definition) is 1. The summed E-state index contributed by atoms with van der Waals surface area (Å²) in [6.07, 6.45) is -0.261. The maximum absolute atomic E-state index is 12.9. The summed E-state index contributed by atoms with van der Waals surface area (Å²) in [6, 6.07) is 9.56. The van der Waals surface area contributed by atoms with Crippen LogP contribution in [0.5, 0.6) is 5.75 Å². The number of hydrogen-bond acceptors (Lipinski definition) is 6. The maximum atomic E-state index is 12.9. The van der Waals surface area contributed by atoms with Gasteiger partial charge in [-0.15, -0.1) is 0 Å². The van der Waals surface area contributed by atoms with E-state index in [0.29, 0.717) is 5.56 Å². The van der Waals surface area contributed by atoms with Gasteiger partial charge in [0.1, 0.15) is 5.75 Å². The van der Waals surface area contributed by atoms with E-state index in [-0.39, 0.29) is 46.2 Å². The van der Waals surface area contributed by atoms with Crippen LogP contribution in [0.1, 0.15) is 45.0 Å². The van der Waals surface area contributed by atoms with E-state index in [1.807, 2.05) is 0 Å². The van der Waals surface area contributed by atoms with E-state index in [0.717, 1.165) is 0 Å². The fourth-order valence-corrected chi connectivity index (χ4v) is 5.44. The zero-order valence-electron chi connectivity index (χ0n) is 18.2. The molecule has 0 saturated heterocycles. The third kappa shape index (κ3) is 5.84. The molecule has 170 valence electrons. The van der Waals surface area contributed by atoms with Crippen molar-refractivity contribution in [3.63, 3.8) is 0 Å². The van der Waals surface area contributed by atoms with Gasteiger partial charge >= 0.3 is 0 Å². The highest BCUT2D eigenvalue weighted by atomic mass is 32.2. The number of carbonyl (C=O) groups excluding carboxylic acids is 1. The summed E-state index contributed by atoms with van der Waals surface area (Å²) < 4.78 is 61.0. The van der Waals surface area contributed by atoms with Gasteiger partial charge in [-0.05, 0) is 51.1 Å². The van der Waals surface area contributed by atoms with Gasteiger partial charge < -0.3 is 4.74 Å². The van der Waals surface area contributed by atoms with Gasteiger partial charge in [-0.2, -0.15) is 4.31 Å². The van der Waals surface area contributed by atoms with E-state index in [9.17, 15) is 21.6 Å². The molecule has 0 bridgehead atoms. The predicted molar refractivity (Wildman–Crippen MR) is 120 cm³/mol. The summed E-state index contributed by atoms with van der Waals surface area (Å²) in [4.78, 5) is 11.3. The summed E-state index contributed by atoms with van der Waals surface area (Å²) in [6.45, 7) is 8.97. The lowest BCUT2D eigenvalue weighted by atomic mass is 10.2. The molecule has 0 amide bonds. The molecule has 8 nitrogen and oxygen atoms in total. The van der Waals surface area contributed by atoms with Crippen molar-refractivity contribution in [1.82, 2.24) is 4.31 Å². The Morgan fingerprint density at radius 1 is 0.968 bits per heavy atom. The second kappa shape index (κ2) is 9.80. The molecule has 0 atom stereocenters. The number of ketones is 1.